The first-order valence-electron chi connectivity index (χ1n) is 4.51. The lowest BCUT2D eigenvalue weighted by Crippen LogP contribution is -2.13. The Morgan fingerprint density at radius 1 is 1.29 bits per heavy atom. The highest BCUT2D eigenvalue weighted by atomic mass is 32.2. The van der Waals surface area contributed by atoms with Crippen molar-refractivity contribution >= 4 is 26.3 Å². The van der Waals surface area contributed by atoms with Gasteiger partial charge < -0.3 is 5.73 Å². The van der Waals surface area contributed by atoms with Gasteiger partial charge in [0.1, 0.15) is 26.4 Å². The fourth-order valence-electron chi connectivity index (χ4n) is 1.13. The molecule has 0 saturated carbocycles. The fourth-order valence-corrected chi connectivity index (χ4v) is 3.70. The molecule has 8 heteroatoms. The van der Waals surface area contributed by atoms with Crippen molar-refractivity contribution < 1.29 is 21.4 Å². The molecule has 0 aromatic heterocycles. The Balaban J connectivity index is 2.98. The van der Waals surface area contributed by atoms with E-state index in [1.165, 1.54) is 0 Å². The van der Waals surface area contributed by atoms with Gasteiger partial charge in [0, 0.05) is 17.7 Å². The van der Waals surface area contributed by atoms with E-state index in [0.717, 1.165) is 18.4 Å². The van der Waals surface area contributed by atoms with Gasteiger partial charge in [-0.15, -0.1) is 0 Å². The van der Waals surface area contributed by atoms with E-state index in [1.807, 2.05) is 0 Å². The summed E-state index contributed by atoms with van der Waals surface area (Å²) in [5, 5.41) is 0. The highest BCUT2D eigenvalue weighted by Gasteiger charge is 2.18. The highest BCUT2D eigenvalue weighted by Crippen LogP contribution is 2.20. The normalized spacial score (nSPS) is 13.6. The van der Waals surface area contributed by atoms with E-state index in [2.05, 4.69) is 0 Å². The smallest absolute Gasteiger partial charge is 0.148 e. The van der Waals surface area contributed by atoms with E-state index in [0.29, 0.717) is 0 Å². The van der Waals surface area contributed by atoms with Crippen molar-refractivity contribution in [1.82, 2.24) is 0 Å². The number of nitrogen functional groups attached to an aromatic ring is 1. The topological polar surface area (TPSA) is 77.2 Å². The van der Waals surface area contributed by atoms with E-state index in [4.69, 9.17) is 5.73 Å². The van der Waals surface area contributed by atoms with Gasteiger partial charge in [0.15, 0.2) is 0 Å². The zero-order valence-corrected chi connectivity index (χ0v) is 10.6. The fraction of sp³-hybridized carbons (Fsp3) is 0.333. The molecule has 17 heavy (non-hydrogen) atoms. The summed E-state index contributed by atoms with van der Waals surface area (Å²) in [5.41, 5.74) is 5.08. The summed E-state index contributed by atoms with van der Waals surface area (Å²) >= 11 is 0. The largest absolute Gasteiger partial charge is 0.399 e. The van der Waals surface area contributed by atoms with Crippen LogP contribution in [0.1, 0.15) is 0 Å². The van der Waals surface area contributed by atoms with E-state index in [-0.39, 0.29) is 11.4 Å². The molecule has 0 bridgehead atoms. The summed E-state index contributed by atoms with van der Waals surface area (Å²) in [6.45, 7) is 0. The zero-order valence-electron chi connectivity index (χ0n) is 8.94. The van der Waals surface area contributed by atoms with Crippen LogP contribution in [0.15, 0.2) is 17.0 Å². The minimum absolute atomic E-state index is 0.121. The molecule has 0 aliphatic rings. The predicted octanol–water partition coefficient (Wildman–Crippen LogP) is 0.699. The SMILES string of the molecule is CS(=O)(=O)CCS(=O)c1c(F)cc(N)cc1F. The van der Waals surface area contributed by atoms with Gasteiger partial charge in [0.05, 0.1) is 16.6 Å². The van der Waals surface area contributed by atoms with Crippen molar-refractivity contribution in [3.8, 4) is 0 Å². The van der Waals surface area contributed by atoms with E-state index < -0.39 is 42.9 Å². The van der Waals surface area contributed by atoms with Crippen molar-refractivity contribution in [3.05, 3.63) is 23.8 Å². The lowest BCUT2D eigenvalue weighted by Gasteiger charge is -2.05. The van der Waals surface area contributed by atoms with Gasteiger partial charge in [0.25, 0.3) is 0 Å². The number of hydrogen-bond donors (Lipinski definition) is 1. The van der Waals surface area contributed by atoms with E-state index in [1.54, 1.807) is 0 Å². The summed E-state index contributed by atoms with van der Waals surface area (Å²) in [7, 11) is -5.37. The van der Waals surface area contributed by atoms with Gasteiger partial charge in [-0.2, -0.15) is 0 Å². The second-order valence-electron chi connectivity index (χ2n) is 3.49. The molecule has 0 saturated heterocycles. The van der Waals surface area contributed by atoms with Crippen LogP contribution < -0.4 is 5.73 Å². The zero-order chi connectivity index (χ0) is 13.2. The lowest BCUT2D eigenvalue weighted by molar-refractivity contribution is 0.535. The van der Waals surface area contributed by atoms with Crippen molar-refractivity contribution in [1.29, 1.82) is 0 Å². The summed E-state index contributed by atoms with van der Waals surface area (Å²) in [4.78, 5) is -0.636. The quantitative estimate of drug-likeness (QED) is 0.825. The Kier molecular flexibility index (Phi) is 4.21. The molecule has 96 valence electrons. The molecule has 2 N–H and O–H groups in total. The monoisotopic (exact) mass is 283 g/mol. The molecular formula is C9H11F2NO3S2. The maximum atomic E-state index is 13.3. The van der Waals surface area contributed by atoms with Crippen LogP contribution in [-0.4, -0.2) is 30.4 Å². The van der Waals surface area contributed by atoms with Crippen molar-refractivity contribution in [3.63, 3.8) is 0 Å². The molecule has 1 rings (SSSR count). The molecule has 0 aliphatic carbocycles. The maximum absolute atomic E-state index is 13.3. The Hall–Kier alpha value is -1.02. The van der Waals surface area contributed by atoms with Gasteiger partial charge in [0.2, 0.25) is 0 Å². The standard InChI is InChI=1S/C9H11F2NO3S2/c1-17(14,15)3-2-16(13)9-7(10)4-6(12)5-8(9)11/h4-5H,2-3,12H2,1H3. The molecule has 0 spiro atoms. The Bertz CT molecular complexity index is 534. The summed E-state index contributed by atoms with van der Waals surface area (Å²) in [6.07, 6.45) is 0.958. The molecule has 0 amide bonds. The van der Waals surface area contributed by atoms with Crippen LogP contribution in [0.4, 0.5) is 14.5 Å². The average molecular weight is 283 g/mol. The third kappa shape index (κ3) is 4.04. The van der Waals surface area contributed by atoms with Gasteiger partial charge >= 0.3 is 0 Å². The molecular weight excluding hydrogens is 272 g/mol. The third-order valence-corrected chi connectivity index (χ3v) is 4.51. The lowest BCUT2D eigenvalue weighted by atomic mass is 10.3. The highest BCUT2D eigenvalue weighted by molar-refractivity contribution is 7.92. The first-order valence-corrected chi connectivity index (χ1v) is 7.89. The van der Waals surface area contributed by atoms with Crippen LogP contribution >= 0.6 is 0 Å². The number of anilines is 1. The number of nitrogens with two attached hydrogens (primary N) is 1. The van der Waals surface area contributed by atoms with Gasteiger partial charge in [-0.05, 0) is 12.1 Å². The first kappa shape index (κ1) is 14.0. The van der Waals surface area contributed by atoms with Crippen LogP contribution in [0.25, 0.3) is 0 Å². The summed E-state index contributed by atoms with van der Waals surface area (Å²) in [5.74, 6) is -2.82. The molecule has 1 aromatic carbocycles. The Morgan fingerprint density at radius 3 is 2.18 bits per heavy atom. The van der Waals surface area contributed by atoms with Crippen LogP contribution in [0, 0.1) is 11.6 Å². The van der Waals surface area contributed by atoms with E-state index in [9.17, 15) is 21.4 Å². The summed E-state index contributed by atoms with van der Waals surface area (Å²) in [6, 6.07) is 1.69. The number of sulfone groups is 1. The molecule has 0 aliphatic heterocycles. The minimum atomic E-state index is -3.32. The van der Waals surface area contributed by atoms with Gasteiger partial charge in [-0.1, -0.05) is 0 Å². The van der Waals surface area contributed by atoms with Crippen molar-refractivity contribution in [2.24, 2.45) is 0 Å². The van der Waals surface area contributed by atoms with E-state index >= 15 is 0 Å². The molecule has 0 radical (unpaired) electrons. The van der Waals surface area contributed by atoms with Crippen molar-refractivity contribution in [2.75, 3.05) is 23.5 Å². The average Bonchev–Trinajstić information content (AvgIpc) is 2.11. The number of benzene rings is 1. The number of halogens is 2. The second kappa shape index (κ2) is 5.09. The molecule has 0 heterocycles. The number of rotatable bonds is 4. The second-order valence-corrected chi connectivity index (χ2v) is 7.26. The number of hydrogen-bond acceptors (Lipinski definition) is 4. The molecule has 1 unspecified atom stereocenters. The predicted molar refractivity (Wildman–Crippen MR) is 61.8 cm³/mol. The third-order valence-electron chi connectivity index (χ3n) is 1.89. The Labute approximate surface area is 100 Å². The molecule has 1 atom stereocenters. The molecule has 0 fully saturated rings. The first-order chi connectivity index (χ1) is 7.70. The Morgan fingerprint density at radius 2 is 1.76 bits per heavy atom. The summed E-state index contributed by atoms with van der Waals surface area (Å²) < 4.78 is 59.9. The maximum Gasteiger partial charge on any atom is 0.148 e. The minimum Gasteiger partial charge on any atom is -0.399 e. The van der Waals surface area contributed by atoms with Crippen LogP contribution in [0.3, 0.4) is 0 Å². The molecule has 1 aromatic rings. The van der Waals surface area contributed by atoms with Crippen LogP contribution in [-0.2, 0) is 20.6 Å². The van der Waals surface area contributed by atoms with Crippen molar-refractivity contribution in [2.45, 2.75) is 4.90 Å². The van der Waals surface area contributed by atoms with Gasteiger partial charge in [-0.25, -0.2) is 17.2 Å². The molecule has 4 nitrogen and oxygen atoms in total. The van der Waals surface area contributed by atoms with Crippen LogP contribution in [0.5, 0.6) is 0 Å². The van der Waals surface area contributed by atoms with Gasteiger partial charge in [-0.3, -0.25) is 4.21 Å². The van der Waals surface area contributed by atoms with Crippen LogP contribution in [0.2, 0.25) is 0 Å².